The molecule has 0 saturated carbocycles. The lowest BCUT2D eigenvalue weighted by Crippen LogP contribution is -2.66. The van der Waals surface area contributed by atoms with Gasteiger partial charge in [-0.05, 0) is 20.8 Å². The fourth-order valence-electron chi connectivity index (χ4n) is 6.86. The summed E-state index contributed by atoms with van der Waals surface area (Å²) < 4.78 is 22.8. The van der Waals surface area contributed by atoms with Gasteiger partial charge in [-0.1, -0.05) is 20.8 Å². The Balaban J connectivity index is 2.50. The molecule has 27 heteroatoms. The Morgan fingerprint density at radius 3 is 1.59 bits per heavy atom. The van der Waals surface area contributed by atoms with E-state index in [1.54, 1.807) is 0 Å². The molecule has 0 radical (unpaired) electrons. The van der Waals surface area contributed by atoms with E-state index in [0.29, 0.717) is 0 Å². The second-order valence-corrected chi connectivity index (χ2v) is 17.3. The van der Waals surface area contributed by atoms with Crippen LogP contribution in [-0.2, 0) is 57.5 Å². The molecule has 2 aliphatic heterocycles. The number of carbonyl (C=O) groups is 6. The Morgan fingerprint density at radius 1 is 0.652 bits per heavy atom. The van der Waals surface area contributed by atoms with Crippen molar-refractivity contribution < 1.29 is 103 Å². The molecule has 382 valence electrons. The molecular formula is C39H70N6O21. The molecule has 18 unspecified atom stereocenters. The molecule has 0 aromatic rings. The van der Waals surface area contributed by atoms with E-state index in [0.717, 1.165) is 20.8 Å². The van der Waals surface area contributed by atoms with Gasteiger partial charge in [0.05, 0.1) is 38.6 Å². The van der Waals surface area contributed by atoms with E-state index in [-0.39, 0.29) is 0 Å². The minimum Gasteiger partial charge on any atom is -0.394 e. The fourth-order valence-corrected chi connectivity index (χ4v) is 6.86. The summed E-state index contributed by atoms with van der Waals surface area (Å²) in [5.74, 6) is -4.89. The van der Waals surface area contributed by atoms with Crippen molar-refractivity contribution in [1.29, 1.82) is 0 Å². The highest BCUT2D eigenvalue weighted by molar-refractivity contribution is 5.96. The zero-order chi connectivity index (χ0) is 50.5. The molecule has 0 spiro atoms. The zero-order valence-electron chi connectivity index (χ0n) is 38.3. The molecule has 19 atom stereocenters. The van der Waals surface area contributed by atoms with Crippen molar-refractivity contribution in [1.82, 2.24) is 26.6 Å². The predicted octanol–water partition coefficient (Wildman–Crippen LogP) is -7.85. The van der Waals surface area contributed by atoms with Gasteiger partial charge in [-0.15, -0.1) is 0 Å². The quantitative estimate of drug-likeness (QED) is 0.0316. The van der Waals surface area contributed by atoms with Crippen molar-refractivity contribution in [2.45, 2.75) is 178 Å². The number of rotatable bonds is 24. The maximum Gasteiger partial charge on any atom is 0.246 e. The van der Waals surface area contributed by atoms with E-state index >= 15 is 0 Å². The van der Waals surface area contributed by atoms with Gasteiger partial charge in [0, 0.05) is 26.2 Å². The van der Waals surface area contributed by atoms with Gasteiger partial charge in [0.2, 0.25) is 29.5 Å². The number of Topliss-reactive ketones (excluding diaryl/α,β-unsaturated/α-hetero) is 1. The number of aliphatic hydroxyl groups excluding tert-OH is 9. The number of carbonyl (C=O) groups excluding carboxylic acids is 6. The molecule has 0 aromatic carbocycles. The molecule has 2 saturated heterocycles. The molecule has 2 fully saturated rings. The minimum absolute atomic E-state index is 0.551. The maximum absolute atomic E-state index is 14.4. The number of ketones is 1. The second kappa shape index (κ2) is 26.2. The molecule has 0 aliphatic carbocycles. The first-order chi connectivity index (χ1) is 30.6. The molecule has 16 N–H and O–H groups in total. The molecular weight excluding hydrogens is 888 g/mol. The Morgan fingerprint density at radius 2 is 1.14 bits per heavy atom. The zero-order valence-corrected chi connectivity index (χ0v) is 38.3. The summed E-state index contributed by atoms with van der Waals surface area (Å²) in [6.07, 6.45) is -21.2. The van der Waals surface area contributed by atoms with Crippen LogP contribution in [0.4, 0.5) is 0 Å². The Hall–Kier alpha value is -3.62. The number of hydrogen-bond acceptors (Lipinski definition) is 22. The molecule has 0 bridgehead atoms. The van der Waals surface area contributed by atoms with E-state index in [4.69, 9.17) is 34.5 Å². The second-order valence-electron chi connectivity index (χ2n) is 17.3. The van der Waals surface area contributed by atoms with Crippen molar-refractivity contribution in [2.24, 2.45) is 11.1 Å². The third-order valence-corrected chi connectivity index (χ3v) is 10.7. The smallest absolute Gasteiger partial charge is 0.246 e. The summed E-state index contributed by atoms with van der Waals surface area (Å²) in [5.41, 5.74) is 4.92. The van der Waals surface area contributed by atoms with E-state index in [9.17, 15) is 74.7 Å². The maximum atomic E-state index is 14.4. The largest absolute Gasteiger partial charge is 0.394 e. The average Bonchev–Trinajstić information content (AvgIpc) is 3.23. The van der Waals surface area contributed by atoms with Crippen molar-refractivity contribution in [2.75, 3.05) is 26.4 Å². The van der Waals surface area contributed by atoms with E-state index in [2.05, 4.69) is 26.6 Å². The van der Waals surface area contributed by atoms with E-state index in [1.165, 1.54) is 41.5 Å². The van der Waals surface area contributed by atoms with Crippen LogP contribution in [0.5, 0.6) is 0 Å². The van der Waals surface area contributed by atoms with Crippen molar-refractivity contribution in [3.8, 4) is 0 Å². The normalized spacial score (nSPS) is 29.9. The van der Waals surface area contributed by atoms with Gasteiger partial charge in [0.1, 0.15) is 91.2 Å². The van der Waals surface area contributed by atoms with E-state index < -0.39 is 183 Å². The summed E-state index contributed by atoms with van der Waals surface area (Å²) in [5, 5.41) is 105. The predicted molar refractivity (Wildman–Crippen MR) is 221 cm³/mol. The number of nitrogens with two attached hydrogens (primary N) is 1. The van der Waals surface area contributed by atoms with Gasteiger partial charge in [-0.3, -0.25) is 28.8 Å². The number of hydrogen-bond donors (Lipinski definition) is 15. The van der Waals surface area contributed by atoms with Gasteiger partial charge >= 0.3 is 0 Å². The summed E-state index contributed by atoms with van der Waals surface area (Å²) in [7, 11) is 0. The van der Waals surface area contributed by atoms with Crippen LogP contribution in [0.1, 0.15) is 62.3 Å². The summed E-state index contributed by atoms with van der Waals surface area (Å²) in [6.45, 7) is 8.42. The first kappa shape index (κ1) is 58.5. The lowest BCUT2D eigenvalue weighted by atomic mass is 9.84. The minimum atomic E-state index is -1.91. The number of ether oxygens (including phenoxy) is 4. The molecule has 0 aromatic heterocycles. The molecule has 2 rings (SSSR count). The average molecular weight is 959 g/mol. The van der Waals surface area contributed by atoms with Gasteiger partial charge in [0.15, 0.2) is 18.4 Å². The third-order valence-electron chi connectivity index (χ3n) is 10.7. The summed E-state index contributed by atoms with van der Waals surface area (Å²) in [4.78, 5) is 88.2. The number of amides is 5. The fraction of sp³-hybridized carbons (Fsp3) is 0.846. The van der Waals surface area contributed by atoms with Crippen LogP contribution in [0.15, 0.2) is 0 Å². The van der Waals surface area contributed by atoms with E-state index in [1.807, 2.05) is 0 Å². The molecule has 5 amide bonds. The summed E-state index contributed by atoms with van der Waals surface area (Å²) in [6, 6.07) is -9.17. The van der Waals surface area contributed by atoms with Gasteiger partial charge in [-0.25, -0.2) is 9.78 Å². The first-order valence-corrected chi connectivity index (χ1v) is 21.1. The highest BCUT2D eigenvalue weighted by Gasteiger charge is 2.49. The van der Waals surface area contributed by atoms with Gasteiger partial charge in [-0.2, -0.15) is 0 Å². The van der Waals surface area contributed by atoms with Crippen molar-refractivity contribution in [3.05, 3.63) is 0 Å². The molecule has 66 heavy (non-hydrogen) atoms. The van der Waals surface area contributed by atoms with Crippen LogP contribution in [-0.4, -0.2) is 224 Å². The Labute approximate surface area is 380 Å². The topological polar surface area (TPSA) is 426 Å². The van der Waals surface area contributed by atoms with Crippen molar-refractivity contribution >= 4 is 35.3 Å². The van der Waals surface area contributed by atoms with Crippen LogP contribution in [0.3, 0.4) is 0 Å². The monoisotopic (exact) mass is 958 g/mol. The highest BCUT2D eigenvalue weighted by atomic mass is 17.2. The molecule has 2 aliphatic rings. The van der Waals surface area contributed by atoms with Crippen LogP contribution in [0.25, 0.3) is 0 Å². The third kappa shape index (κ3) is 16.3. The highest BCUT2D eigenvalue weighted by Crippen LogP contribution is 2.27. The van der Waals surface area contributed by atoms with Gasteiger partial charge in [0.25, 0.3) is 0 Å². The number of aliphatic hydroxyl groups is 9. The lowest BCUT2D eigenvalue weighted by molar-refractivity contribution is -0.369. The standard InChI is InChI=1S/C39H70N6O21/c1-14(41-17(4)49)28(52)31(55)23(12-48)66-65-16(3)25(45-35(59)20(40)13-61-37-26(42-18(5)50)32(56)29(53)21(10-46)63-37)36(60)44-24(34(58)39(7,8)9)15(2)62-38-27(43-19(6)51)33(57)30(54)22(11-47)64-38/h14-16,20-33,37-38,46-48,52-57H,10-13,40H2,1-9H3,(H,41,49)(H,42,50)(H,43,51)(H,44,60)(H,45,59)/t14-,15?,16?,20?,21?,22?,23?,24?,25?,26?,27?,28?,29?,30?,31?,32?,33?,37?,38?/m1/s1. The Bertz CT molecular complexity index is 1610. The number of nitrogens with one attached hydrogen (secondary N) is 5. The lowest BCUT2D eigenvalue weighted by Gasteiger charge is -2.43. The molecule has 2 heterocycles. The first-order valence-electron chi connectivity index (χ1n) is 21.1. The Kier molecular flexibility index (Phi) is 23.2. The van der Waals surface area contributed by atoms with Crippen LogP contribution in [0, 0.1) is 5.41 Å². The van der Waals surface area contributed by atoms with Gasteiger partial charge < -0.3 is 97.2 Å². The van der Waals surface area contributed by atoms with Crippen LogP contribution < -0.4 is 32.3 Å². The SMILES string of the molecule is CC(=O)NC1C(OCC(N)C(=O)NC(C(=O)NC(C(=O)C(C)(C)C)C(C)OC2OC(CO)C(O)C(O)C2NC(C)=O)C(C)OOC(CO)C(O)C(O)[C@@H](C)NC(C)=O)OC(CO)C(O)C1O. The molecule has 27 nitrogen and oxygen atoms in total. The van der Waals surface area contributed by atoms with Crippen LogP contribution >= 0.6 is 0 Å². The van der Waals surface area contributed by atoms with Crippen LogP contribution in [0.2, 0.25) is 0 Å². The van der Waals surface area contributed by atoms with Crippen molar-refractivity contribution in [3.63, 3.8) is 0 Å². The summed E-state index contributed by atoms with van der Waals surface area (Å²) >= 11 is 0.